The Morgan fingerprint density at radius 1 is 1.30 bits per heavy atom. The molecule has 0 aromatic heterocycles. The summed E-state index contributed by atoms with van der Waals surface area (Å²) in [6.45, 7) is 3.52. The van der Waals surface area contributed by atoms with Crippen LogP contribution in [0, 0.1) is 0 Å². The van der Waals surface area contributed by atoms with Gasteiger partial charge in [-0.25, -0.2) is 0 Å². The fraction of sp³-hybridized carbons (Fsp3) is 0.417. The molecule has 0 spiro atoms. The molecular weight excluding hydrogens is 281 g/mol. The second-order valence-electron chi connectivity index (χ2n) is 3.72. The molecule has 1 aromatic rings. The summed E-state index contributed by atoms with van der Waals surface area (Å²) in [5.74, 6) is -0.885. The number of amides is 1. The van der Waals surface area contributed by atoms with Crippen LogP contribution >= 0.6 is 7.60 Å². The molecule has 0 aliphatic rings. The van der Waals surface area contributed by atoms with Gasteiger partial charge >= 0.3 is 7.60 Å². The Bertz CT molecular complexity index is 533. The predicted octanol–water partition coefficient (Wildman–Crippen LogP) is 3.83. The molecule has 0 bridgehead atoms. The van der Waals surface area contributed by atoms with Crippen LogP contribution in [0.1, 0.15) is 25.1 Å². The minimum Gasteiger partial charge on any atom is -0.308 e. The van der Waals surface area contributed by atoms with Gasteiger partial charge in [-0.1, -0.05) is 30.3 Å². The molecule has 0 saturated heterocycles. The molecule has 1 atom stereocenters. The van der Waals surface area contributed by atoms with E-state index in [0.29, 0.717) is 5.56 Å². The molecule has 1 rings (SSSR count). The van der Waals surface area contributed by atoms with E-state index in [9.17, 15) is 9.36 Å². The number of azide groups is 1. The number of rotatable bonds is 7. The van der Waals surface area contributed by atoms with Gasteiger partial charge in [-0.05, 0) is 30.1 Å². The minimum absolute atomic E-state index is 0.115. The van der Waals surface area contributed by atoms with Gasteiger partial charge in [0.2, 0.25) is 5.91 Å². The van der Waals surface area contributed by atoms with E-state index in [0.717, 1.165) is 0 Å². The van der Waals surface area contributed by atoms with E-state index in [1.807, 2.05) is 0 Å². The van der Waals surface area contributed by atoms with Crippen molar-refractivity contribution >= 4 is 13.5 Å². The van der Waals surface area contributed by atoms with Crippen molar-refractivity contribution in [3.8, 4) is 0 Å². The van der Waals surface area contributed by atoms with Gasteiger partial charge in [-0.3, -0.25) is 9.36 Å². The van der Waals surface area contributed by atoms with Gasteiger partial charge in [0.05, 0.1) is 13.2 Å². The van der Waals surface area contributed by atoms with Gasteiger partial charge in [-0.15, -0.1) is 0 Å². The standard InChI is InChI=1S/C12H16N3O4P/c1-3-18-20(17,19-4-2)11(12(16)14-15-13)10-8-6-5-7-9-10/h5-9,11H,3-4H2,1-2H3. The molecule has 108 valence electrons. The summed E-state index contributed by atoms with van der Waals surface area (Å²) in [6, 6.07) is 8.35. The van der Waals surface area contributed by atoms with E-state index >= 15 is 0 Å². The van der Waals surface area contributed by atoms with Crippen LogP contribution in [0.4, 0.5) is 0 Å². The van der Waals surface area contributed by atoms with E-state index in [-0.39, 0.29) is 13.2 Å². The summed E-state index contributed by atoms with van der Waals surface area (Å²) in [4.78, 5) is 14.4. The molecular formula is C12H16N3O4P. The van der Waals surface area contributed by atoms with Crippen molar-refractivity contribution in [2.24, 2.45) is 5.11 Å². The lowest BCUT2D eigenvalue weighted by atomic mass is 10.1. The third-order valence-corrected chi connectivity index (χ3v) is 4.81. The molecule has 0 heterocycles. The fourth-order valence-electron chi connectivity index (χ4n) is 1.74. The van der Waals surface area contributed by atoms with E-state index in [1.54, 1.807) is 44.2 Å². The first-order valence-corrected chi connectivity index (χ1v) is 7.73. The summed E-state index contributed by atoms with van der Waals surface area (Å²) in [6.07, 6.45) is 0. The molecule has 0 N–H and O–H groups in total. The summed E-state index contributed by atoms with van der Waals surface area (Å²) in [5.41, 5.74) is 7.60. The van der Waals surface area contributed by atoms with Crippen molar-refractivity contribution < 1.29 is 18.4 Å². The molecule has 1 unspecified atom stereocenters. The molecule has 0 aliphatic heterocycles. The summed E-state index contributed by atoms with van der Waals surface area (Å²) in [7, 11) is -3.75. The Morgan fingerprint density at radius 2 is 1.85 bits per heavy atom. The zero-order chi connectivity index (χ0) is 15.0. The average Bonchev–Trinajstić information content (AvgIpc) is 2.40. The second-order valence-corrected chi connectivity index (χ2v) is 5.83. The lowest BCUT2D eigenvalue weighted by Gasteiger charge is -2.24. The Labute approximate surface area is 117 Å². The zero-order valence-electron chi connectivity index (χ0n) is 11.3. The van der Waals surface area contributed by atoms with Gasteiger partial charge in [0, 0.05) is 4.91 Å². The normalized spacial score (nSPS) is 12.5. The molecule has 0 radical (unpaired) electrons. The quantitative estimate of drug-likeness (QED) is 0.330. The highest BCUT2D eigenvalue weighted by Gasteiger charge is 2.41. The molecule has 0 saturated carbocycles. The molecule has 1 amide bonds. The van der Waals surface area contributed by atoms with Gasteiger partial charge in [0.1, 0.15) is 0 Å². The van der Waals surface area contributed by atoms with Crippen molar-refractivity contribution in [3.05, 3.63) is 46.3 Å². The smallest absolute Gasteiger partial charge is 0.308 e. The maximum absolute atomic E-state index is 12.8. The first-order valence-electron chi connectivity index (χ1n) is 6.11. The first-order chi connectivity index (χ1) is 9.59. The van der Waals surface area contributed by atoms with Crippen molar-refractivity contribution in [1.29, 1.82) is 0 Å². The Hall–Kier alpha value is -1.65. The summed E-state index contributed by atoms with van der Waals surface area (Å²) >= 11 is 0. The summed E-state index contributed by atoms with van der Waals surface area (Å²) < 4.78 is 23.1. The molecule has 1 aromatic carbocycles. The minimum atomic E-state index is -3.75. The van der Waals surface area contributed by atoms with Crippen molar-refractivity contribution in [3.63, 3.8) is 0 Å². The van der Waals surface area contributed by atoms with Crippen LogP contribution in [-0.4, -0.2) is 19.1 Å². The Morgan fingerprint density at radius 3 is 2.30 bits per heavy atom. The Balaban J connectivity index is 3.32. The second kappa shape index (κ2) is 7.82. The maximum atomic E-state index is 12.8. The van der Waals surface area contributed by atoms with Crippen molar-refractivity contribution in [2.75, 3.05) is 13.2 Å². The van der Waals surface area contributed by atoms with E-state index in [2.05, 4.69) is 10.0 Å². The summed E-state index contributed by atoms with van der Waals surface area (Å²) in [5, 5.41) is 3.04. The first kappa shape index (κ1) is 16.4. The molecule has 0 fully saturated rings. The monoisotopic (exact) mass is 297 g/mol. The highest BCUT2D eigenvalue weighted by Crippen LogP contribution is 2.61. The predicted molar refractivity (Wildman–Crippen MR) is 74.2 cm³/mol. The lowest BCUT2D eigenvalue weighted by molar-refractivity contribution is -0.118. The highest BCUT2D eigenvalue weighted by atomic mass is 31.2. The zero-order valence-corrected chi connectivity index (χ0v) is 12.2. The molecule has 8 heteroatoms. The molecule has 0 aliphatic carbocycles. The van der Waals surface area contributed by atoms with Crippen LogP contribution in [0.2, 0.25) is 0 Å². The van der Waals surface area contributed by atoms with Gasteiger partial charge in [0.25, 0.3) is 0 Å². The third-order valence-electron chi connectivity index (χ3n) is 2.43. The maximum Gasteiger partial charge on any atom is 0.345 e. The van der Waals surface area contributed by atoms with Crippen LogP contribution in [-0.2, 0) is 18.4 Å². The van der Waals surface area contributed by atoms with Crippen LogP contribution in [0.5, 0.6) is 0 Å². The van der Waals surface area contributed by atoms with Crippen LogP contribution in [0.3, 0.4) is 0 Å². The topological polar surface area (TPSA) is 101 Å². The van der Waals surface area contributed by atoms with E-state index in [4.69, 9.17) is 14.6 Å². The van der Waals surface area contributed by atoms with Gasteiger partial charge in [-0.2, -0.15) is 0 Å². The van der Waals surface area contributed by atoms with Crippen LogP contribution in [0.25, 0.3) is 10.4 Å². The van der Waals surface area contributed by atoms with E-state index < -0.39 is 19.2 Å². The number of benzene rings is 1. The number of hydrogen-bond acceptors (Lipinski definition) is 4. The average molecular weight is 297 g/mol. The van der Waals surface area contributed by atoms with Crippen molar-refractivity contribution in [1.82, 2.24) is 0 Å². The van der Waals surface area contributed by atoms with Crippen LogP contribution < -0.4 is 0 Å². The Kier molecular flexibility index (Phi) is 6.42. The van der Waals surface area contributed by atoms with Gasteiger partial charge < -0.3 is 9.05 Å². The SMILES string of the molecule is CCOP(=O)(OCC)C(C(=O)N=[N+]=[N-])c1ccccc1. The van der Waals surface area contributed by atoms with E-state index in [1.165, 1.54) is 0 Å². The highest BCUT2D eigenvalue weighted by molar-refractivity contribution is 7.55. The molecule has 20 heavy (non-hydrogen) atoms. The lowest BCUT2D eigenvalue weighted by Crippen LogP contribution is -2.14. The molecule has 7 nitrogen and oxygen atoms in total. The fourth-order valence-corrected chi connectivity index (χ4v) is 3.69. The largest absolute Gasteiger partial charge is 0.345 e. The van der Waals surface area contributed by atoms with Crippen molar-refractivity contribution in [2.45, 2.75) is 19.5 Å². The number of hydrogen-bond donors (Lipinski definition) is 0. The number of carbonyl (C=O) groups is 1. The third kappa shape index (κ3) is 3.92. The van der Waals surface area contributed by atoms with Crippen LogP contribution in [0.15, 0.2) is 35.4 Å². The number of nitrogens with zero attached hydrogens (tertiary/aromatic N) is 3. The number of carbonyl (C=O) groups excluding carboxylic acids is 1. The van der Waals surface area contributed by atoms with Gasteiger partial charge in [0.15, 0.2) is 5.66 Å².